The van der Waals surface area contributed by atoms with Gasteiger partial charge in [0, 0.05) is 10.7 Å². The molecule has 0 unspecified atom stereocenters. The van der Waals surface area contributed by atoms with E-state index >= 15 is 0 Å². The van der Waals surface area contributed by atoms with E-state index in [2.05, 4.69) is 10.3 Å². The molecule has 4 rings (SSSR count). The number of rotatable bonds is 5. The van der Waals surface area contributed by atoms with Crippen molar-refractivity contribution in [2.24, 2.45) is 0 Å². The zero-order chi connectivity index (χ0) is 22.1. The van der Waals surface area contributed by atoms with Crippen LogP contribution in [0.3, 0.4) is 0 Å². The van der Waals surface area contributed by atoms with E-state index < -0.39 is 5.91 Å². The molecule has 0 saturated carbocycles. The number of amides is 1. The number of ether oxygens (including phenoxy) is 1. The largest absolute Gasteiger partial charge is 0.507 e. The van der Waals surface area contributed by atoms with Crippen molar-refractivity contribution in [3.8, 4) is 23.0 Å². The van der Waals surface area contributed by atoms with E-state index in [1.807, 2.05) is 26.0 Å². The summed E-state index contributed by atoms with van der Waals surface area (Å²) >= 11 is 11.9. The average molecular weight is 457 g/mol. The molecule has 0 fully saturated rings. The molecule has 0 radical (unpaired) electrons. The number of nitrogens with one attached hydrogen (secondary N) is 1. The number of hydrogen-bond acceptors (Lipinski definition) is 5. The minimum atomic E-state index is -0.397. The Morgan fingerprint density at radius 1 is 1.10 bits per heavy atom. The Balaban J connectivity index is 1.52. The quantitative estimate of drug-likeness (QED) is 0.352. The van der Waals surface area contributed by atoms with Crippen LogP contribution in [0.1, 0.15) is 11.1 Å². The van der Waals surface area contributed by atoms with E-state index in [4.69, 9.17) is 32.4 Å². The first-order valence-electron chi connectivity index (χ1n) is 9.39. The number of aryl methyl sites for hydroxylation is 2. The Bertz CT molecular complexity index is 1260. The van der Waals surface area contributed by atoms with Gasteiger partial charge in [-0.05, 0) is 73.5 Å². The lowest BCUT2D eigenvalue weighted by atomic mass is 10.1. The van der Waals surface area contributed by atoms with Crippen molar-refractivity contribution in [3.05, 3.63) is 69.7 Å². The number of carbonyl (C=O) groups excluding carboxylic acids is 1. The van der Waals surface area contributed by atoms with Gasteiger partial charge in [0.2, 0.25) is 5.89 Å². The van der Waals surface area contributed by atoms with Crippen LogP contribution in [0.5, 0.6) is 11.5 Å². The molecule has 0 spiro atoms. The van der Waals surface area contributed by atoms with Crippen molar-refractivity contribution >= 4 is 45.9 Å². The summed E-state index contributed by atoms with van der Waals surface area (Å²) in [5.74, 6) is 0.205. The Morgan fingerprint density at radius 3 is 2.65 bits per heavy atom. The number of hydrogen-bond donors (Lipinski definition) is 2. The van der Waals surface area contributed by atoms with Crippen LogP contribution in [0.2, 0.25) is 10.0 Å². The summed E-state index contributed by atoms with van der Waals surface area (Å²) < 4.78 is 11.3. The van der Waals surface area contributed by atoms with Gasteiger partial charge >= 0.3 is 0 Å². The standard InChI is InChI=1S/C23H18Cl2N2O4/c1-12-7-18-21(8-13(12)2)31-23(27-18)16-10-15(4-5-19(16)28)26-22(29)11-30-20-6-3-14(24)9-17(20)25/h3-10,28H,11H2,1-2H3,(H,26,29). The fourth-order valence-electron chi connectivity index (χ4n) is 3.01. The van der Waals surface area contributed by atoms with E-state index in [0.717, 1.165) is 11.1 Å². The Hall–Kier alpha value is -3.22. The number of benzene rings is 3. The maximum atomic E-state index is 12.3. The van der Waals surface area contributed by atoms with Crippen molar-refractivity contribution in [1.29, 1.82) is 0 Å². The zero-order valence-electron chi connectivity index (χ0n) is 16.7. The third kappa shape index (κ3) is 4.60. The topological polar surface area (TPSA) is 84.6 Å². The molecule has 0 aliphatic rings. The molecule has 0 bridgehead atoms. The van der Waals surface area contributed by atoms with Gasteiger partial charge in [-0.1, -0.05) is 23.2 Å². The number of halogens is 2. The highest BCUT2D eigenvalue weighted by Gasteiger charge is 2.15. The first-order chi connectivity index (χ1) is 14.8. The number of carbonyl (C=O) groups is 1. The van der Waals surface area contributed by atoms with E-state index in [1.54, 1.807) is 24.3 Å². The van der Waals surface area contributed by atoms with Crippen LogP contribution in [-0.2, 0) is 4.79 Å². The number of aromatic hydroxyl groups is 1. The summed E-state index contributed by atoms with van der Waals surface area (Å²) in [4.78, 5) is 16.8. The molecule has 1 aromatic heterocycles. The van der Waals surface area contributed by atoms with Gasteiger partial charge in [-0.15, -0.1) is 0 Å². The van der Waals surface area contributed by atoms with Crippen LogP contribution in [0.4, 0.5) is 5.69 Å². The first kappa shape index (κ1) is 21.0. The number of phenolic OH excluding ortho intramolecular Hbond substituents is 1. The smallest absolute Gasteiger partial charge is 0.262 e. The lowest BCUT2D eigenvalue weighted by Crippen LogP contribution is -2.20. The van der Waals surface area contributed by atoms with Gasteiger partial charge in [-0.3, -0.25) is 4.79 Å². The maximum Gasteiger partial charge on any atom is 0.262 e. The molecule has 0 atom stereocenters. The molecule has 6 nitrogen and oxygen atoms in total. The molecule has 0 aliphatic heterocycles. The van der Waals surface area contributed by atoms with Gasteiger partial charge in [-0.25, -0.2) is 4.98 Å². The van der Waals surface area contributed by atoms with Crippen molar-refractivity contribution in [2.75, 3.05) is 11.9 Å². The monoisotopic (exact) mass is 456 g/mol. The van der Waals surface area contributed by atoms with Crippen molar-refractivity contribution < 1.29 is 19.1 Å². The summed E-state index contributed by atoms with van der Waals surface area (Å²) in [7, 11) is 0. The molecular formula is C23H18Cl2N2O4. The van der Waals surface area contributed by atoms with E-state index in [9.17, 15) is 9.90 Å². The second-order valence-corrected chi connectivity index (χ2v) is 7.91. The van der Waals surface area contributed by atoms with Gasteiger partial charge in [0.05, 0.1) is 10.6 Å². The van der Waals surface area contributed by atoms with Gasteiger partial charge < -0.3 is 19.6 Å². The lowest BCUT2D eigenvalue weighted by Gasteiger charge is -2.10. The molecule has 0 saturated heterocycles. The van der Waals surface area contributed by atoms with Crippen LogP contribution in [0.25, 0.3) is 22.6 Å². The number of nitrogens with zero attached hydrogens (tertiary/aromatic N) is 1. The third-order valence-electron chi connectivity index (χ3n) is 4.77. The molecule has 2 N–H and O–H groups in total. The van der Waals surface area contributed by atoms with E-state index in [1.165, 1.54) is 12.1 Å². The lowest BCUT2D eigenvalue weighted by molar-refractivity contribution is -0.118. The minimum absolute atomic E-state index is 0.0119. The van der Waals surface area contributed by atoms with Gasteiger partial charge in [0.15, 0.2) is 12.2 Å². The Morgan fingerprint density at radius 2 is 1.87 bits per heavy atom. The first-order valence-corrected chi connectivity index (χ1v) is 10.1. The van der Waals surface area contributed by atoms with Crippen LogP contribution < -0.4 is 10.1 Å². The number of aromatic nitrogens is 1. The number of fused-ring (bicyclic) bond motifs is 1. The predicted octanol–water partition coefficient (Wildman–Crippen LogP) is 6.14. The van der Waals surface area contributed by atoms with E-state index in [0.29, 0.717) is 38.1 Å². The van der Waals surface area contributed by atoms with Crippen LogP contribution in [0, 0.1) is 13.8 Å². The number of oxazole rings is 1. The SMILES string of the molecule is Cc1cc2nc(-c3cc(NC(=O)COc4ccc(Cl)cc4Cl)ccc3O)oc2cc1C. The summed E-state index contributed by atoms with van der Waals surface area (Å²) in [6, 6.07) is 13.2. The summed E-state index contributed by atoms with van der Waals surface area (Å²) in [5.41, 5.74) is 4.32. The van der Waals surface area contributed by atoms with E-state index in [-0.39, 0.29) is 18.2 Å². The molecule has 1 amide bonds. The maximum absolute atomic E-state index is 12.3. The highest BCUT2D eigenvalue weighted by Crippen LogP contribution is 2.34. The van der Waals surface area contributed by atoms with Crippen LogP contribution >= 0.6 is 23.2 Å². The Kier molecular flexibility index (Phi) is 5.76. The fourth-order valence-corrected chi connectivity index (χ4v) is 3.48. The number of anilines is 1. The number of phenols is 1. The summed E-state index contributed by atoms with van der Waals surface area (Å²) in [6.07, 6.45) is 0. The fraction of sp³-hybridized carbons (Fsp3) is 0.130. The van der Waals surface area contributed by atoms with Gasteiger partial charge in [0.1, 0.15) is 17.0 Å². The minimum Gasteiger partial charge on any atom is -0.507 e. The molecule has 1 heterocycles. The second kappa shape index (κ2) is 8.49. The highest BCUT2D eigenvalue weighted by molar-refractivity contribution is 6.35. The zero-order valence-corrected chi connectivity index (χ0v) is 18.2. The molecule has 31 heavy (non-hydrogen) atoms. The Labute approximate surface area is 188 Å². The summed E-state index contributed by atoms with van der Waals surface area (Å²) in [6.45, 7) is 3.74. The van der Waals surface area contributed by atoms with Gasteiger partial charge in [-0.2, -0.15) is 0 Å². The van der Waals surface area contributed by atoms with Crippen molar-refractivity contribution in [1.82, 2.24) is 4.98 Å². The molecule has 3 aromatic carbocycles. The average Bonchev–Trinajstić information content (AvgIpc) is 3.11. The predicted molar refractivity (Wildman–Crippen MR) is 121 cm³/mol. The van der Waals surface area contributed by atoms with Gasteiger partial charge in [0.25, 0.3) is 5.91 Å². The third-order valence-corrected chi connectivity index (χ3v) is 5.30. The van der Waals surface area contributed by atoms with Crippen molar-refractivity contribution in [2.45, 2.75) is 13.8 Å². The van der Waals surface area contributed by atoms with Crippen LogP contribution in [0.15, 0.2) is 52.9 Å². The molecule has 0 aliphatic carbocycles. The molecule has 4 aromatic rings. The van der Waals surface area contributed by atoms with Crippen LogP contribution in [-0.4, -0.2) is 22.6 Å². The van der Waals surface area contributed by atoms with Crippen molar-refractivity contribution in [3.63, 3.8) is 0 Å². The normalized spacial score (nSPS) is 11.0. The highest BCUT2D eigenvalue weighted by atomic mass is 35.5. The molecule has 158 valence electrons. The second-order valence-electron chi connectivity index (χ2n) is 7.07. The molecule has 8 heteroatoms. The molecular weight excluding hydrogens is 439 g/mol. The summed E-state index contributed by atoms with van der Waals surface area (Å²) in [5, 5.41) is 13.8.